The molecule has 7 heteroatoms. The molecule has 0 aliphatic rings. The number of nitrogens with one attached hydrogen (secondary N) is 2. The molecule has 0 aliphatic heterocycles. The van der Waals surface area contributed by atoms with Crippen molar-refractivity contribution >= 4 is 11.9 Å². The number of amides is 1. The average molecular weight is 350 g/mol. The van der Waals surface area contributed by atoms with Crippen LogP contribution < -0.4 is 15.4 Å². The van der Waals surface area contributed by atoms with Crippen molar-refractivity contribution in [1.29, 1.82) is 0 Å². The zero-order chi connectivity index (χ0) is 19.0. The first-order chi connectivity index (χ1) is 11.7. The number of methoxy groups -OCH3 is 1. The van der Waals surface area contributed by atoms with Crippen LogP contribution in [-0.4, -0.2) is 54.7 Å². The van der Waals surface area contributed by atoms with Gasteiger partial charge in [0, 0.05) is 24.7 Å². The summed E-state index contributed by atoms with van der Waals surface area (Å²) < 4.78 is 5.11. The number of carbonyl (C=O) groups is 1. The summed E-state index contributed by atoms with van der Waals surface area (Å²) >= 11 is 0. The Morgan fingerprint density at radius 1 is 1.36 bits per heavy atom. The molecule has 0 spiro atoms. The van der Waals surface area contributed by atoms with Crippen molar-refractivity contribution in [2.75, 3.05) is 27.2 Å². The first-order valence-electron chi connectivity index (χ1n) is 8.33. The van der Waals surface area contributed by atoms with E-state index < -0.39 is 0 Å². The summed E-state index contributed by atoms with van der Waals surface area (Å²) in [4.78, 5) is 18.4. The van der Waals surface area contributed by atoms with Gasteiger partial charge in [0.05, 0.1) is 20.2 Å². The van der Waals surface area contributed by atoms with Crippen molar-refractivity contribution in [3.8, 4) is 11.5 Å². The van der Waals surface area contributed by atoms with E-state index in [0.29, 0.717) is 23.8 Å². The topological polar surface area (TPSA) is 86.2 Å². The minimum Gasteiger partial charge on any atom is -0.504 e. The maximum absolute atomic E-state index is 12.1. The molecule has 7 nitrogen and oxygen atoms in total. The van der Waals surface area contributed by atoms with Crippen LogP contribution in [0.2, 0.25) is 0 Å². The molecule has 1 aromatic carbocycles. The van der Waals surface area contributed by atoms with E-state index in [0.717, 1.165) is 0 Å². The predicted molar refractivity (Wildman–Crippen MR) is 100 cm³/mol. The van der Waals surface area contributed by atoms with Gasteiger partial charge in [-0.1, -0.05) is 12.1 Å². The Labute approximate surface area is 150 Å². The van der Waals surface area contributed by atoms with Crippen LogP contribution in [0, 0.1) is 0 Å². The fourth-order valence-corrected chi connectivity index (χ4v) is 2.24. The highest BCUT2D eigenvalue weighted by molar-refractivity contribution is 5.86. The number of rotatable bonds is 6. The molecule has 0 saturated heterocycles. The molecule has 0 aromatic heterocycles. The highest BCUT2D eigenvalue weighted by atomic mass is 16.5. The van der Waals surface area contributed by atoms with Gasteiger partial charge in [-0.2, -0.15) is 0 Å². The lowest BCUT2D eigenvalue weighted by Crippen LogP contribution is -2.48. The van der Waals surface area contributed by atoms with Gasteiger partial charge in [-0.3, -0.25) is 4.79 Å². The Kier molecular flexibility index (Phi) is 7.54. The number of carbonyl (C=O) groups excluding carboxylic acids is 1. The molecule has 3 N–H and O–H groups in total. The lowest BCUT2D eigenvalue weighted by atomic mass is 10.1. The predicted octanol–water partition coefficient (Wildman–Crippen LogP) is 1.71. The summed E-state index contributed by atoms with van der Waals surface area (Å²) in [5, 5.41) is 16.2. The molecule has 25 heavy (non-hydrogen) atoms. The van der Waals surface area contributed by atoms with Gasteiger partial charge in [0.2, 0.25) is 5.91 Å². The molecule has 1 amide bonds. The third-order valence-electron chi connectivity index (χ3n) is 3.29. The van der Waals surface area contributed by atoms with E-state index in [2.05, 4.69) is 15.6 Å². The van der Waals surface area contributed by atoms with E-state index in [1.54, 1.807) is 30.1 Å². The average Bonchev–Trinajstić information content (AvgIpc) is 2.50. The van der Waals surface area contributed by atoms with Gasteiger partial charge in [0.1, 0.15) is 0 Å². The number of hydrogen-bond acceptors (Lipinski definition) is 4. The number of hydrogen-bond donors (Lipinski definition) is 3. The molecule has 0 radical (unpaired) electrons. The van der Waals surface area contributed by atoms with Crippen molar-refractivity contribution in [3.05, 3.63) is 23.8 Å². The van der Waals surface area contributed by atoms with Crippen molar-refractivity contribution < 1.29 is 14.6 Å². The van der Waals surface area contributed by atoms with Gasteiger partial charge in [-0.05, 0) is 33.8 Å². The van der Waals surface area contributed by atoms with Gasteiger partial charge in [0.15, 0.2) is 17.5 Å². The molecule has 0 saturated carbocycles. The normalized spacial score (nSPS) is 11.8. The fraction of sp³-hybridized carbons (Fsp3) is 0.556. The second-order valence-corrected chi connectivity index (χ2v) is 6.79. The maximum Gasteiger partial charge on any atom is 0.240 e. The fourth-order valence-electron chi connectivity index (χ4n) is 2.24. The number of nitrogens with zero attached hydrogens (tertiary/aromatic N) is 2. The number of ether oxygens (including phenoxy) is 1. The van der Waals surface area contributed by atoms with Crippen LogP contribution in [0.4, 0.5) is 0 Å². The maximum atomic E-state index is 12.1. The van der Waals surface area contributed by atoms with E-state index in [-0.39, 0.29) is 30.3 Å². The summed E-state index contributed by atoms with van der Waals surface area (Å²) in [6.45, 7) is 8.92. The summed E-state index contributed by atoms with van der Waals surface area (Å²) in [7, 11) is 3.31. The van der Waals surface area contributed by atoms with E-state index in [4.69, 9.17) is 4.74 Å². The first-order valence-corrected chi connectivity index (χ1v) is 8.33. The number of likely N-dealkylation sites (N-methyl/N-ethyl adjacent to an activating group) is 1. The Balaban J connectivity index is 2.84. The van der Waals surface area contributed by atoms with Gasteiger partial charge in [-0.15, -0.1) is 0 Å². The van der Waals surface area contributed by atoms with Crippen LogP contribution >= 0.6 is 0 Å². The first kappa shape index (κ1) is 20.6. The Morgan fingerprint density at radius 3 is 2.60 bits per heavy atom. The quantitative estimate of drug-likeness (QED) is 0.537. The lowest BCUT2D eigenvalue weighted by Gasteiger charge is -2.25. The molecular formula is C18H30N4O3. The number of phenolic OH excluding ortho intramolecular Hbond substituents is 1. The van der Waals surface area contributed by atoms with E-state index in [1.165, 1.54) is 7.11 Å². The third-order valence-corrected chi connectivity index (χ3v) is 3.29. The van der Waals surface area contributed by atoms with Gasteiger partial charge in [0.25, 0.3) is 0 Å². The van der Waals surface area contributed by atoms with Crippen LogP contribution in [0.25, 0.3) is 0 Å². The largest absolute Gasteiger partial charge is 0.504 e. The third kappa shape index (κ3) is 6.91. The van der Waals surface area contributed by atoms with Crippen molar-refractivity contribution in [3.63, 3.8) is 0 Å². The molecule has 1 rings (SSSR count). The van der Waals surface area contributed by atoms with Crippen LogP contribution in [0.5, 0.6) is 11.5 Å². The molecule has 140 valence electrons. The number of para-hydroxylation sites is 1. The van der Waals surface area contributed by atoms with Crippen molar-refractivity contribution in [2.45, 2.75) is 39.8 Å². The number of phenols is 1. The molecule has 0 fully saturated rings. The zero-order valence-corrected chi connectivity index (χ0v) is 16.0. The van der Waals surface area contributed by atoms with Crippen LogP contribution in [0.3, 0.4) is 0 Å². The highest BCUT2D eigenvalue weighted by Gasteiger charge is 2.17. The summed E-state index contributed by atoms with van der Waals surface area (Å²) in [6.07, 6.45) is 0. The summed E-state index contributed by atoms with van der Waals surface area (Å²) in [6, 6.07) is 5.28. The Morgan fingerprint density at radius 2 is 2.04 bits per heavy atom. The van der Waals surface area contributed by atoms with Crippen LogP contribution in [-0.2, 0) is 11.3 Å². The smallest absolute Gasteiger partial charge is 0.240 e. The molecule has 0 unspecified atom stereocenters. The summed E-state index contributed by atoms with van der Waals surface area (Å²) in [5.74, 6) is 1.01. The van der Waals surface area contributed by atoms with E-state index in [9.17, 15) is 9.90 Å². The minimum absolute atomic E-state index is 0.0789. The second kappa shape index (κ2) is 9.15. The standard InChI is InChI=1S/C18H30N4O3/c1-7-19-17(22(5)12-15(23)21-18(2,3)4)20-11-13-9-8-10-14(25-6)16(13)24/h8-10,24H,7,11-12H2,1-6H3,(H,19,20)(H,21,23). The zero-order valence-electron chi connectivity index (χ0n) is 16.0. The Bertz CT molecular complexity index is 609. The molecular weight excluding hydrogens is 320 g/mol. The monoisotopic (exact) mass is 350 g/mol. The number of benzene rings is 1. The van der Waals surface area contributed by atoms with Crippen LogP contribution in [0.15, 0.2) is 23.2 Å². The Hall–Kier alpha value is -2.44. The van der Waals surface area contributed by atoms with Gasteiger partial charge in [-0.25, -0.2) is 4.99 Å². The van der Waals surface area contributed by atoms with Crippen LogP contribution in [0.1, 0.15) is 33.3 Å². The van der Waals surface area contributed by atoms with Crippen molar-refractivity contribution in [2.24, 2.45) is 4.99 Å². The molecule has 0 atom stereocenters. The summed E-state index contributed by atoms with van der Waals surface area (Å²) in [5.41, 5.74) is 0.377. The second-order valence-electron chi connectivity index (χ2n) is 6.79. The van der Waals surface area contributed by atoms with Gasteiger partial charge >= 0.3 is 0 Å². The number of aliphatic imine (C=N–C) groups is 1. The molecule has 0 heterocycles. The van der Waals surface area contributed by atoms with E-state index in [1.807, 2.05) is 27.7 Å². The molecule has 0 bridgehead atoms. The highest BCUT2D eigenvalue weighted by Crippen LogP contribution is 2.29. The number of guanidine groups is 1. The van der Waals surface area contributed by atoms with E-state index >= 15 is 0 Å². The minimum atomic E-state index is -0.278. The molecule has 1 aromatic rings. The van der Waals surface area contributed by atoms with Gasteiger partial charge < -0.3 is 25.4 Å². The molecule has 0 aliphatic carbocycles. The number of aromatic hydroxyl groups is 1. The SMILES string of the molecule is CCNC(=NCc1cccc(OC)c1O)N(C)CC(=O)NC(C)(C)C. The lowest BCUT2D eigenvalue weighted by molar-refractivity contribution is -0.122. The van der Waals surface area contributed by atoms with Crippen molar-refractivity contribution in [1.82, 2.24) is 15.5 Å².